The molecule has 1 rings (SSSR count). The molecule has 0 aromatic carbocycles. The normalized spacial score (nSPS) is 17.4. The van der Waals surface area contributed by atoms with E-state index in [0.29, 0.717) is 38.1 Å². The predicted molar refractivity (Wildman–Crippen MR) is 92.5 cm³/mol. The molecule has 146 valence electrons. The van der Waals surface area contributed by atoms with Crippen molar-refractivity contribution in [3.63, 3.8) is 0 Å². The number of alkyl halides is 3. The number of amides is 1. The maximum absolute atomic E-state index is 12.4. The summed E-state index contributed by atoms with van der Waals surface area (Å²) in [5.74, 6) is 0.935. The van der Waals surface area contributed by atoms with E-state index >= 15 is 0 Å². The number of aliphatic imine (C=N–C) groups is 1. The van der Waals surface area contributed by atoms with Crippen LogP contribution >= 0.6 is 0 Å². The summed E-state index contributed by atoms with van der Waals surface area (Å²) >= 11 is 0. The lowest BCUT2D eigenvalue weighted by molar-refractivity contribution is -0.148. The van der Waals surface area contributed by atoms with Crippen molar-refractivity contribution < 1.29 is 18.0 Å². The van der Waals surface area contributed by atoms with Gasteiger partial charge >= 0.3 is 6.18 Å². The lowest BCUT2D eigenvalue weighted by Crippen LogP contribution is -2.42. The molecule has 1 fully saturated rings. The maximum atomic E-state index is 12.4. The van der Waals surface area contributed by atoms with Gasteiger partial charge in [-0.25, -0.2) is 4.99 Å². The molecule has 0 atom stereocenters. The molecule has 6 nitrogen and oxygen atoms in total. The molecule has 2 N–H and O–H groups in total. The molecule has 0 aromatic heterocycles. The lowest BCUT2D eigenvalue weighted by Gasteiger charge is -2.32. The average molecular weight is 365 g/mol. The predicted octanol–water partition coefficient (Wildman–Crippen LogP) is 1.29. The van der Waals surface area contributed by atoms with Gasteiger partial charge in [0.25, 0.3) is 0 Å². The van der Waals surface area contributed by atoms with Crippen LogP contribution in [0.2, 0.25) is 0 Å². The minimum Gasteiger partial charge on any atom is -0.357 e. The van der Waals surface area contributed by atoms with Crippen molar-refractivity contribution in [2.45, 2.75) is 32.4 Å². The van der Waals surface area contributed by atoms with E-state index in [1.807, 2.05) is 6.92 Å². The number of carbonyl (C=O) groups excluding carboxylic acids is 1. The van der Waals surface area contributed by atoms with Gasteiger partial charge in [0.05, 0.1) is 6.54 Å². The van der Waals surface area contributed by atoms with Crippen molar-refractivity contribution in [2.75, 3.05) is 53.4 Å². The van der Waals surface area contributed by atoms with Crippen LogP contribution in [0, 0.1) is 5.92 Å². The molecule has 1 amide bonds. The Morgan fingerprint density at radius 3 is 2.40 bits per heavy atom. The third kappa shape index (κ3) is 9.52. The van der Waals surface area contributed by atoms with E-state index in [-0.39, 0.29) is 12.5 Å². The molecule has 1 heterocycles. The van der Waals surface area contributed by atoms with Crippen LogP contribution in [0.25, 0.3) is 0 Å². The molecule has 1 aliphatic heterocycles. The summed E-state index contributed by atoms with van der Waals surface area (Å²) in [6, 6.07) is 0. The highest BCUT2D eigenvalue weighted by Crippen LogP contribution is 2.23. The Balaban J connectivity index is 2.30. The fourth-order valence-electron chi connectivity index (χ4n) is 2.71. The Bertz CT molecular complexity index is 432. The molecular formula is C16H30F3N5O. The van der Waals surface area contributed by atoms with Crippen molar-refractivity contribution in [1.82, 2.24) is 20.4 Å². The van der Waals surface area contributed by atoms with Gasteiger partial charge in [-0.1, -0.05) is 0 Å². The molecule has 0 aliphatic carbocycles. The van der Waals surface area contributed by atoms with E-state index in [2.05, 4.69) is 15.6 Å². The van der Waals surface area contributed by atoms with E-state index in [9.17, 15) is 18.0 Å². The van der Waals surface area contributed by atoms with Crippen molar-refractivity contribution >= 4 is 11.9 Å². The minimum atomic E-state index is -4.12. The summed E-state index contributed by atoms with van der Waals surface area (Å²) in [6.07, 6.45) is -1.67. The van der Waals surface area contributed by atoms with Crippen LogP contribution in [0.15, 0.2) is 4.99 Å². The van der Waals surface area contributed by atoms with Crippen molar-refractivity contribution in [2.24, 2.45) is 10.9 Å². The molecule has 9 heteroatoms. The number of rotatable bonds is 7. The smallest absolute Gasteiger partial charge is 0.357 e. The molecule has 0 aromatic rings. The van der Waals surface area contributed by atoms with Gasteiger partial charge in [0.2, 0.25) is 5.91 Å². The van der Waals surface area contributed by atoms with Gasteiger partial charge in [-0.05, 0) is 45.2 Å². The Morgan fingerprint density at radius 2 is 1.88 bits per heavy atom. The zero-order chi connectivity index (χ0) is 18.9. The van der Waals surface area contributed by atoms with Gasteiger partial charge in [-0.3, -0.25) is 9.69 Å². The van der Waals surface area contributed by atoms with E-state index < -0.39 is 12.7 Å². The second kappa shape index (κ2) is 10.5. The van der Waals surface area contributed by atoms with Crippen molar-refractivity contribution in [3.05, 3.63) is 0 Å². The topological polar surface area (TPSA) is 60.0 Å². The zero-order valence-electron chi connectivity index (χ0n) is 15.3. The number of guanidine groups is 1. The number of piperidine rings is 1. The largest absolute Gasteiger partial charge is 0.401 e. The maximum Gasteiger partial charge on any atom is 0.401 e. The summed E-state index contributed by atoms with van der Waals surface area (Å²) in [5.41, 5.74) is 0. The number of carbonyl (C=O) groups is 1. The third-order valence-electron chi connectivity index (χ3n) is 4.17. The van der Waals surface area contributed by atoms with Gasteiger partial charge in [0.1, 0.15) is 6.54 Å². The van der Waals surface area contributed by atoms with Crippen LogP contribution in [0.1, 0.15) is 26.2 Å². The highest BCUT2D eigenvalue weighted by atomic mass is 19.4. The third-order valence-corrected chi connectivity index (χ3v) is 4.17. The zero-order valence-corrected chi connectivity index (χ0v) is 15.3. The van der Waals surface area contributed by atoms with Gasteiger partial charge in [0, 0.05) is 27.2 Å². The van der Waals surface area contributed by atoms with Gasteiger partial charge < -0.3 is 15.5 Å². The Morgan fingerprint density at radius 1 is 1.24 bits per heavy atom. The molecule has 25 heavy (non-hydrogen) atoms. The standard InChI is InChI=1S/C16H30F3N5O/c1-4-20-15(22-11-14(25)23(2)3)21-8-5-13-6-9-24(10-7-13)12-16(17,18)19/h13H,4-12H2,1-3H3,(H2,20,21,22). The average Bonchev–Trinajstić information content (AvgIpc) is 2.52. The number of nitrogens with one attached hydrogen (secondary N) is 2. The highest BCUT2D eigenvalue weighted by molar-refractivity contribution is 5.84. The Labute approximate surface area is 147 Å². The molecule has 0 spiro atoms. The van der Waals surface area contributed by atoms with Crippen LogP contribution in [-0.2, 0) is 4.79 Å². The first kappa shape index (κ1) is 21.5. The SMILES string of the molecule is CCNC(=NCC(=O)N(C)C)NCCC1CCN(CC(F)(F)F)CC1. The molecular weight excluding hydrogens is 335 g/mol. The Hall–Kier alpha value is -1.51. The quantitative estimate of drug-likeness (QED) is 0.527. The van der Waals surface area contributed by atoms with E-state index in [1.54, 1.807) is 14.1 Å². The minimum absolute atomic E-state index is 0.0748. The molecule has 0 bridgehead atoms. The number of likely N-dealkylation sites (tertiary alicyclic amines) is 1. The number of halogens is 3. The fourth-order valence-corrected chi connectivity index (χ4v) is 2.71. The van der Waals surface area contributed by atoms with E-state index in [4.69, 9.17) is 0 Å². The van der Waals surface area contributed by atoms with Crippen LogP contribution in [0.5, 0.6) is 0 Å². The van der Waals surface area contributed by atoms with Crippen LogP contribution in [0.3, 0.4) is 0 Å². The molecule has 1 aliphatic rings. The van der Waals surface area contributed by atoms with Gasteiger partial charge in [-0.15, -0.1) is 0 Å². The first-order chi connectivity index (χ1) is 11.7. The summed E-state index contributed by atoms with van der Waals surface area (Å²) in [4.78, 5) is 18.8. The van der Waals surface area contributed by atoms with Gasteiger partial charge in [0.15, 0.2) is 5.96 Å². The second-order valence-corrected chi connectivity index (χ2v) is 6.53. The monoisotopic (exact) mass is 365 g/mol. The molecule has 0 radical (unpaired) electrons. The Kier molecular flexibility index (Phi) is 9.02. The number of hydrogen-bond donors (Lipinski definition) is 2. The highest BCUT2D eigenvalue weighted by Gasteiger charge is 2.32. The molecule has 0 saturated carbocycles. The van der Waals surface area contributed by atoms with E-state index in [0.717, 1.165) is 19.3 Å². The summed E-state index contributed by atoms with van der Waals surface area (Å²) in [6.45, 7) is 3.59. The van der Waals surface area contributed by atoms with E-state index in [1.165, 1.54) is 9.80 Å². The molecule has 1 saturated heterocycles. The summed E-state index contributed by atoms with van der Waals surface area (Å²) < 4.78 is 37.1. The van der Waals surface area contributed by atoms with Crippen LogP contribution < -0.4 is 10.6 Å². The van der Waals surface area contributed by atoms with Crippen LogP contribution in [-0.4, -0.2) is 81.2 Å². The lowest BCUT2D eigenvalue weighted by atomic mass is 9.93. The number of hydrogen-bond acceptors (Lipinski definition) is 3. The summed E-state index contributed by atoms with van der Waals surface area (Å²) in [5, 5.41) is 6.27. The van der Waals surface area contributed by atoms with Crippen molar-refractivity contribution in [1.29, 1.82) is 0 Å². The van der Waals surface area contributed by atoms with Crippen molar-refractivity contribution in [3.8, 4) is 0 Å². The summed E-state index contributed by atoms with van der Waals surface area (Å²) in [7, 11) is 3.37. The number of nitrogens with zero attached hydrogens (tertiary/aromatic N) is 3. The van der Waals surface area contributed by atoms with Gasteiger partial charge in [-0.2, -0.15) is 13.2 Å². The van der Waals surface area contributed by atoms with Crippen LogP contribution in [0.4, 0.5) is 13.2 Å². The fraction of sp³-hybridized carbons (Fsp3) is 0.875. The number of likely N-dealkylation sites (N-methyl/N-ethyl adjacent to an activating group) is 1. The second-order valence-electron chi connectivity index (χ2n) is 6.53. The first-order valence-electron chi connectivity index (χ1n) is 8.72. The first-order valence-corrected chi connectivity index (χ1v) is 8.72. The molecule has 0 unspecified atom stereocenters.